The molecule has 1 aliphatic heterocycles. The number of halogens is 1. The van der Waals surface area contributed by atoms with Crippen LogP contribution < -0.4 is 10.3 Å². The number of fused-ring (bicyclic) bond motifs is 1. The predicted molar refractivity (Wildman–Crippen MR) is 84.8 cm³/mol. The third-order valence-corrected chi connectivity index (χ3v) is 4.48. The summed E-state index contributed by atoms with van der Waals surface area (Å²) in [4.78, 5) is 28.2. The summed E-state index contributed by atoms with van der Waals surface area (Å²) < 4.78 is 6.77. The molecule has 0 fully saturated rings. The highest BCUT2D eigenvalue weighted by molar-refractivity contribution is 7.99. The van der Waals surface area contributed by atoms with Crippen LogP contribution >= 0.6 is 23.4 Å². The Morgan fingerprint density at radius 2 is 2.14 bits per heavy atom. The molecule has 0 unspecified atom stereocenters. The zero-order chi connectivity index (χ0) is 15.7. The summed E-state index contributed by atoms with van der Waals surface area (Å²) in [6, 6.07) is 7.20. The van der Waals surface area contributed by atoms with E-state index in [4.69, 9.17) is 16.3 Å². The van der Waals surface area contributed by atoms with Gasteiger partial charge >= 0.3 is 5.97 Å². The Labute approximate surface area is 136 Å². The number of hydrogen-bond acceptors (Lipinski definition) is 5. The minimum Gasteiger partial charge on any atom is -0.407 e. The molecule has 7 heteroatoms. The molecule has 0 saturated heterocycles. The lowest BCUT2D eigenvalue weighted by molar-refractivity contribution is -0.132. The molecule has 0 amide bonds. The number of hydrogen-bond donors (Lipinski definition) is 0. The summed E-state index contributed by atoms with van der Waals surface area (Å²) in [6.45, 7) is 1.92. The normalized spacial score (nSPS) is 13.0. The molecule has 2 heterocycles. The molecule has 0 N–H and O–H groups in total. The summed E-state index contributed by atoms with van der Waals surface area (Å²) in [7, 11) is 0. The van der Waals surface area contributed by atoms with Crippen LogP contribution in [0.1, 0.15) is 18.1 Å². The van der Waals surface area contributed by atoms with Crippen LogP contribution in [0.25, 0.3) is 0 Å². The van der Waals surface area contributed by atoms with Gasteiger partial charge in [-0.15, -0.1) is 0 Å². The van der Waals surface area contributed by atoms with E-state index in [1.54, 1.807) is 16.7 Å². The van der Waals surface area contributed by atoms with Crippen LogP contribution in [0.2, 0.25) is 5.02 Å². The Balaban J connectivity index is 2.06. The molecule has 1 aromatic heterocycles. The van der Waals surface area contributed by atoms with Crippen molar-refractivity contribution in [2.75, 3.05) is 5.75 Å². The Hall–Kier alpha value is -1.79. The van der Waals surface area contributed by atoms with Crippen LogP contribution in [-0.4, -0.2) is 21.3 Å². The molecule has 1 aliphatic rings. The first-order valence-electron chi connectivity index (χ1n) is 6.74. The molecular formula is C15H13ClN2O3S. The molecule has 3 rings (SSSR count). The quantitative estimate of drug-likeness (QED) is 0.636. The molecule has 5 nitrogen and oxygen atoms in total. The summed E-state index contributed by atoms with van der Waals surface area (Å²) in [5.41, 5.74) is 1.15. The Morgan fingerprint density at radius 1 is 1.41 bits per heavy atom. The minimum absolute atomic E-state index is 0.105. The Morgan fingerprint density at radius 3 is 2.82 bits per heavy atom. The number of benzene rings is 1. The number of carbonyl (C=O) groups excluding carboxylic acids is 1. The molecule has 0 aliphatic carbocycles. The number of ether oxygens (including phenoxy) is 1. The van der Waals surface area contributed by atoms with Gasteiger partial charge in [0.15, 0.2) is 5.16 Å². The zero-order valence-corrected chi connectivity index (χ0v) is 13.4. The average Bonchev–Trinajstić information content (AvgIpc) is 2.93. The molecular weight excluding hydrogens is 324 g/mol. The fourth-order valence-corrected chi connectivity index (χ4v) is 3.33. The maximum Gasteiger partial charge on any atom is 0.309 e. The van der Waals surface area contributed by atoms with Gasteiger partial charge in [0.05, 0.1) is 5.56 Å². The van der Waals surface area contributed by atoms with Gasteiger partial charge in [0.1, 0.15) is 0 Å². The molecule has 0 atom stereocenters. The van der Waals surface area contributed by atoms with Crippen LogP contribution in [0.15, 0.2) is 34.2 Å². The predicted octanol–water partition coefficient (Wildman–Crippen LogP) is 2.52. The van der Waals surface area contributed by atoms with E-state index >= 15 is 0 Å². The third kappa shape index (κ3) is 3.03. The smallest absolute Gasteiger partial charge is 0.309 e. The van der Waals surface area contributed by atoms with Crippen LogP contribution in [-0.2, 0) is 17.8 Å². The fraction of sp³-hybridized carbons (Fsp3) is 0.267. The van der Waals surface area contributed by atoms with Crippen molar-refractivity contribution in [3.8, 4) is 5.88 Å². The van der Waals surface area contributed by atoms with Crippen LogP contribution in [0.3, 0.4) is 0 Å². The highest BCUT2D eigenvalue weighted by Crippen LogP contribution is 2.26. The first-order valence-corrected chi connectivity index (χ1v) is 8.10. The van der Waals surface area contributed by atoms with E-state index in [-0.39, 0.29) is 11.4 Å². The van der Waals surface area contributed by atoms with Gasteiger partial charge in [-0.2, -0.15) is 4.98 Å². The second-order valence-electron chi connectivity index (χ2n) is 4.88. The highest BCUT2D eigenvalue weighted by Gasteiger charge is 2.22. The van der Waals surface area contributed by atoms with E-state index in [0.717, 1.165) is 11.3 Å². The topological polar surface area (TPSA) is 61.2 Å². The number of thioether (sulfide) groups is 1. The molecule has 114 valence electrons. The second-order valence-corrected chi connectivity index (χ2v) is 6.38. The van der Waals surface area contributed by atoms with E-state index in [1.165, 1.54) is 18.7 Å². The maximum atomic E-state index is 12.6. The van der Waals surface area contributed by atoms with Gasteiger partial charge in [0.2, 0.25) is 5.88 Å². The van der Waals surface area contributed by atoms with Gasteiger partial charge in [0.25, 0.3) is 5.56 Å². The lowest BCUT2D eigenvalue weighted by Gasteiger charge is -2.11. The van der Waals surface area contributed by atoms with Gasteiger partial charge in [-0.1, -0.05) is 35.5 Å². The number of nitrogens with zero attached hydrogens (tertiary/aromatic N) is 2. The average molecular weight is 337 g/mol. The van der Waals surface area contributed by atoms with Crippen molar-refractivity contribution in [2.45, 2.75) is 25.0 Å². The van der Waals surface area contributed by atoms with E-state index < -0.39 is 5.97 Å². The summed E-state index contributed by atoms with van der Waals surface area (Å²) >= 11 is 7.36. The maximum absolute atomic E-state index is 12.6. The first-order chi connectivity index (χ1) is 10.5. The van der Waals surface area contributed by atoms with Crippen molar-refractivity contribution in [1.82, 2.24) is 9.55 Å². The van der Waals surface area contributed by atoms with Gasteiger partial charge < -0.3 is 4.74 Å². The van der Waals surface area contributed by atoms with Crippen LogP contribution in [0, 0.1) is 0 Å². The number of rotatable bonds is 3. The van der Waals surface area contributed by atoms with Gasteiger partial charge in [-0.05, 0) is 17.7 Å². The third-order valence-electron chi connectivity index (χ3n) is 3.27. The number of esters is 1. The summed E-state index contributed by atoms with van der Waals surface area (Å²) in [5, 5.41) is 1.23. The summed E-state index contributed by atoms with van der Waals surface area (Å²) in [6.07, 6.45) is 0.344. The van der Waals surface area contributed by atoms with Crippen LogP contribution in [0.5, 0.6) is 5.88 Å². The molecule has 0 radical (unpaired) electrons. The first kappa shape index (κ1) is 15.1. The van der Waals surface area contributed by atoms with Crippen molar-refractivity contribution in [3.63, 3.8) is 0 Å². The Kier molecular flexibility index (Phi) is 4.22. The number of carbonyl (C=O) groups is 1. The van der Waals surface area contributed by atoms with E-state index in [1.807, 2.05) is 12.1 Å². The molecule has 22 heavy (non-hydrogen) atoms. The Bertz CT molecular complexity index is 787. The van der Waals surface area contributed by atoms with Crippen LogP contribution in [0.4, 0.5) is 0 Å². The molecule has 0 spiro atoms. The van der Waals surface area contributed by atoms with Gasteiger partial charge in [0, 0.05) is 30.7 Å². The van der Waals surface area contributed by atoms with E-state index in [2.05, 4.69) is 4.98 Å². The lowest BCUT2D eigenvalue weighted by atomic mass is 10.1. The second kappa shape index (κ2) is 6.14. The zero-order valence-electron chi connectivity index (χ0n) is 11.8. The fourth-order valence-electron chi connectivity index (χ4n) is 2.27. The largest absolute Gasteiger partial charge is 0.407 e. The van der Waals surface area contributed by atoms with Crippen molar-refractivity contribution >= 4 is 29.3 Å². The molecule has 1 aromatic carbocycles. The van der Waals surface area contributed by atoms with Crippen molar-refractivity contribution in [2.24, 2.45) is 0 Å². The number of aromatic nitrogens is 2. The van der Waals surface area contributed by atoms with Crippen molar-refractivity contribution < 1.29 is 9.53 Å². The monoisotopic (exact) mass is 336 g/mol. The van der Waals surface area contributed by atoms with Gasteiger partial charge in [-0.25, -0.2) is 0 Å². The molecule has 2 aromatic rings. The van der Waals surface area contributed by atoms with Crippen molar-refractivity contribution in [3.05, 3.63) is 50.8 Å². The van der Waals surface area contributed by atoms with E-state index in [9.17, 15) is 9.59 Å². The molecule has 0 saturated carbocycles. The SMILES string of the molecule is CC(=O)Oc1nc2n(c(=O)c1Cc1ccc(Cl)cc1)CCS2. The van der Waals surface area contributed by atoms with Gasteiger partial charge in [-0.3, -0.25) is 14.2 Å². The summed E-state index contributed by atoms with van der Waals surface area (Å²) in [5.74, 6) is 0.414. The highest BCUT2D eigenvalue weighted by atomic mass is 35.5. The lowest BCUT2D eigenvalue weighted by Crippen LogP contribution is -2.26. The standard InChI is InChI=1S/C15H13ClN2O3S/c1-9(19)21-13-12(8-10-2-4-11(16)5-3-10)14(20)18-6-7-22-15(18)17-13/h2-5H,6-8H2,1H3. The minimum atomic E-state index is -0.489. The van der Waals surface area contributed by atoms with E-state index in [0.29, 0.717) is 28.7 Å². The molecule has 0 bridgehead atoms. The van der Waals surface area contributed by atoms with Crippen molar-refractivity contribution in [1.29, 1.82) is 0 Å².